The maximum atomic E-state index is 12.7. The Balaban J connectivity index is 2.22. The minimum Gasteiger partial charge on any atom is -0.258 e. The van der Waals surface area contributed by atoms with Crippen molar-refractivity contribution in [3.63, 3.8) is 0 Å². The fraction of sp³-hybridized carbons (Fsp3) is 0.0909. The van der Waals surface area contributed by atoms with Crippen LogP contribution in [0.3, 0.4) is 0 Å². The molecule has 0 amide bonds. The van der Waals surface area contributed by atoms with Gasteiger partial charge in [0.2, 0.25) is 5.15 Å². The van der Waals surface area contributed by atoms with E-state index < -0.39 is 4.92 Å². The van der Waals surface area contributed by atoms with Crippen LogP contribution in [0.2, 0.25) is 5.15 Å². The SMILES string of the molecule is O=[N+]([O-])c1cnc(Cc2ccc(F)cc2)nc1Cl. The third-order valence-corrected chi connectivity index (χ3v) is 2.52. The number of hydrogen-bond donors (Lipinski definition) is 0. The van der Waals surface area contributed by atoms with Gasteiger partial charge in [0.1, 0.15) is 17.8 Å². The highest BCUT2D eigenvalue weighted by molar-refractivity contribution is 6.31. The smallest absolute Gasteiger partial charge is 0.258 e. The molecule has 1 aromatic carbocycles. The summed E-state index contributed by atoms with van der Waals surface area (Å²) in [5.41, 5.74) is 0.459. The number of nitro groups is 1. The molecule has 0 saturated carbocycles. The van der Waals surface area contributed by atoms with Crippen LogP contribution in [0.25, 0.3) is 0 Å². The van der Waals surface area contributed by atoms with E-state index in [4.69, 9.17) is 11.6 Å². The summed E-state index contributed by atoms with van der Waals surface area (Å²) in [6, 6.07) is 5.83. The van der Waals surface area contributed by atoms with Crippen LogP contribution in [0.5, 0.6) is 0 Å². The molecule has 5 nitrogen and oxygen atoms in total. The van der Waals surface area contributed by atoms with E-state index in [2.05, 4.69) is 9.97 Å². The van der Waals surface area contributed by atoms with Crippen molar-refractivity contribution in [2.45, 2.75) is 6.42 Å². The van der Waals surface area contributed by atoms with Gasteiger partial charge in [-0.1, -0.05) is 23.7 Å². The molecule has 0 aliphatic carbocycles. The molecule has 0 aliphatic heterocycles. The third-order valence-electron chi connectivity index (χ3n) is 2.25. The van der Waals surface area contributed by atoms with Gasteiger partial charge < -0.3 is 0 Å². The summed E-state index contributed by atoms with van der Waals surface area (Å²) in [6.07, 6.45) is 1.40. The second-order valence-corrected chi connectivity index (χ2v) is 3.88. The Morgan fingerprint density at radius 3 is 2.56 bits per heavy atom. The van der Waals surface area contributed by atoms with Crippen molar-refractivity contribution >= 4 is 17.3 Å². The predicted molar refractivity (Wildman–Crippen MR) is 62.9 cm³/mol. The van der Waals surface area contributed by atoms with E-state index in [9.17, 15) is 14.5 Å². The van der Waals surface area contributed by atoms with E-state index in [0.29, 0.717) is 12.2 Å². The molecule has 7 heteroatoms. The largest absolute Gasteiger partial charge is 0.324 e. The number of aromatic nitrogens is 2. The van der Waals surface area contributed by atoms with E-state index in [1.807, 2.05) is 0 Å². The van der Waals surface area contributed by atoms with Crippen LogP contribution in [0.15, 0.2) is 30.5 Å². The topological polar surface area (TPSA) is 68.9 Å². The van der Waals surface area contributed by atoms with Crippen molar-refractivity contribution < 1.29 is 9.31 Å². The van der Waals surface area contributed by atoms with E-state index >= 15 is 0 Å². The fourth-order valence-electron chi connectivity index (χ4n) is 1.38. The van der Waals surface area contributed by atoms with Crippen LogP contribution in [0.4, 0.5) is 10.1 Å². The first kappa shape index (κ1) is 12.4. The Kier molecular flexibility index (Phi) is 3.47. The summed E-state index contributed by atoms with van der Waals surface area (Å²) < 4.78 is 12.7. The standard InChI is InChI=1S/C11H7ClFN3O2/c12-11-9(16(17)18)6-14-10(15-11)5-7-1-3-8(13)4-2-7/h1-4,6H,5H2. The molecular formula is C11H7ClFN3O2. The van der Waals surface area contributed by atoms with Crippen molar-refractivity contribution in [2.75, 3.05) is 0 Å². The van der Waals surface area contributed by atoms with Gasteiger partial charge in [-0.15, -0.1) is 0 Å². The second-order valence-electron chi connectivity index (χ2n) is 3.52. The molecule has 1 heterocycles. The molecular weight excluding hydrogens is 261 g/mol. The predicted octanol–water partition coefficient (Wildman–Crippen LogP) is 2.77. The molecule has 0 aliphatic rings. The maximum absolute atomic E-state index is 12.7. The molecule has 0 saturated heterocycles. The lowest BCUT2D eigenvalue weighted by Crippen LogP contribution is -2.00. The Morgan fingerprint density at radius 1 is 1.33 bits per heavy atom. The first-order chi connectivity index (χ1) is 8.56. The lowest BCUT2D eigenvalue weighted by molar-refractivity contribution is -0.385. The lowest BCUT2D eigenvalue weighted by atomic mass is 10.1. The summed E-state index contributed by atoms with van der Waals surface area (Å²) in [5.74, 6) is 0.0126. The van der Waals surface area contributed by atoms with Crippen molar-refractivity contribution in [2.24, 2.45) is 0 Å². The van der Waals surface area contributed by atoms with Crippen LogP contribution in [0, 0.1) is 15.9 Å². The molecule has 18 heavy (non-hydrogen) atoms. The first-order valence-corrected chi connectivity index (χ1v) is 5.34. The van der Waals surface area contributed by atoms with Gasteiger partial charge >= 0.3 is 5.69 Å². The number of benzene rings is 1. The fourth-order valence-corrected chi connectivity index (χ4v) is 1.60. The van der Waals surface area contributed by atoms with Gasteiger partial charge in [0.05, 0.1) is 4.92 Å². The molecule has 2 rings (SSSR count). The zero-order chi connectivity index (χ0) is 13.1. The monoisotopic (exact) mass is 267 g/mol. The summed E-state index contributed by atoms with van der Waals surface area (Å²) in [4.78, 5) is 17.6. The normalized spacial score (nSPS) is 10.3. The van der Waals surface area contributed by atoms with Crippen LogP contribution < -0.4 is 0 Å². The van der Waals surface area contributed by atoms with Crippen LogP contribution in [0.1, 0.15) is 11.4 Å². The van der Waals surface area contributed by atoms with Gasteiger partial charge in [-0.25, -0.2) is 14.4 Å². The highest BCUT2D eigenvalue weighted by Gasteiger charge is 2.15. The highest BCUT2D eigenvalue weighted by atomic mass is 35.5. The van der Waals surface area contributed by atoms with Gasteiger partial charge in [-0.2, -0.15) is 0 Å². The van der Waals surface area contributed by atoms with Gasteiger partial charge in [0, 0.05) is 6.42 Å². The molecule has 0 N–H and O–H groups in total. The van der Waals surface area contributed by atoms with Gasteiger partial charge in [-0.3, -0.25) is 10.1 Å². The molecule has 0 atom stereocenters. The summed E-state index contributed by atoms with van der Waals surface area (Å²) in [5, 5.41) is 10.3. The van der Waals surface area contributed by atoms with Crippen molar-refractivity contribution in [1.82, 2.24) is 9.97 Å². The average Bonchev–Trinajstić information content (AvgIpc) is 2.32. The molecule has 0 spiro atoms. The molecule has 2 aromatic rings. The highest BCUT2D eigenvalue weighted by Crippen LogP contribution is 2.20. The van der Waals surface area contributed by atoms with E-state index in [1.54, 1.807) is 12.1 Å². The number of rotatable bonds is 3. The quantitative estimate of drug-likeness (QED) is 0.487. The first-order valence-electron chi connectivity index (χ1n) is 4.96. The minimum absolute atomic E-state index is 0.202. The zero-order valence-corrected chi connectivity index (χ0v) is 9.76. The number of halogens is 2. The van der Waals surface area contributed by atoms with Gasteiger partial charge in [0.15, 0.2) is 0 Å². The lowest BCUT2D eigenvalue weighted by Gasteiger charge is -2.01. The van der Waals surface area contributed by atoms with Crippen molar-refractivity contribution in [1.29, 1.82) is 0 Å². The van der Waals surface area contributed by atoms with Crippen molar-refractivity contribution in [3.8, 4) is 0 Å². The average molecular weight is 268 g/mol. The van der Waals surface area contributed by atoms with Crippen LogP contribution in [-0.2, 0) is 6.42 Å². The molecule has 0 bridgehead atoms. The molecule has 0 unspecified atom stereocenters. The minimum atomic E-state index is -0.649. The van der Waals surface area contributed by atoms with Gasteiger partial charge in [-0.05, 0) is 17.7 Å². The maximum Gasteiger partial charge on any atom is 0.324 e. The van der Waals surface area contributed by atoms with Crippen molar-refractivity contribution in [3.05, 3.63) is 62.9 Å². The van der Waals surface area contributed by atoms with E-state index in [-0.39, 0.29) is 16.7 Å². The van der Waals surface area contributed by atoms with Gasteiger partial charge in [0.25, 0.3) is 0 Å². The summed E-state index contributed by atoms with van der Waals surface area (Å²) >= 11 is 5.66. The Hall–Kier alpha value is -2.08. The number of hydrogen-bond acceptors (Lipinski definition) is 4. The molecule has 1 aromatic heterocycles. The zero-order valence-electron chi connectivity index (χ0n) is 9.01. The Bertz CT molecular complexity index is 589. The molecule has 0 radical (unpaired) electrons. The van der Waals surface area contributed by atoms with Crippen LogP contribution in [-0.4, -0.2) is 14.9 Å². The Morgan fingerprint density at radius 2 is 2.00 bits per heavy atom. The Labute approximate surface area is 106 Å². The van der Waals surface area contributed by atoms with E-state index in [0.717, 1.165) is 11.8 Å². The van der Waals surface area contributed by atoms with E-state index in [1.165, 1.54) is 12.1 Å². The number of nitrogens with zero attached hydrogens (tertiary/aromatic N) is 3. The third kappa shape index (κ3) is 2.78. The summed E-state index contributed by atoms with van der Waals surface area (Å²) in [6.45, 7) is 0. The summed E-state index contributed by atoms with van der Waals surface area (Å²) in [7, 11) is 0. The van der Waals surface area contributed by atoms with Crippen LogP contribution >= 0.6 is 11.6 Å². The molecule has 92 valence electrons. The second kappa shape index (κ2) is 5.05. The molecule has 0 fully saturated rings.